The summed E-state index contributed by atoms with van der Waals surface area (Å²) in [6, 6.07) is 8.94. The number of anilines is 1. The maximum atomic E-state index is 11.0. The summed E-state index contributed by atoms with van der Waals surface area (Å²) in [6.45, 7) is 0.788. The lowest BCUT2D eigenvalue weighted by molar-refractivity contribution is -0.108. The Balaban J connectivity index is 2.24. The number of nitriles is 1. The Hall–Kier alpha value is -1.86. The molecule has 2 unspecified atom stereocenters. The van der Waals surface area contributed by atoms with Crippen molar-refractivity contribution >= 4 is 12.0 Å². The van der Waals surface area contributed by atoms with Crippen molar-refractivity contribution in [3.8, 4) is 6.07 Å². The van der Waals surface area contributed by atoms with Gasteiger partial charge in [0.25, 0.3) is 0 Å². The maximum absolute atomic E-state index is 11.0. The topological polar surface area (TPSA) is 70.1 Å². The summed E-state index contributed by atoms with van der Waals surface area (Å²) in [7, 11) is 0. The highest BCUT2D eigenvalue weighted by molar-refractivity contribution is 5.69. The monoisotopic (exact) mass is 215 g/mol. The van der Waals surface area contributed by atoms with Gasteiger partial charge in [-0.1, -0.05) is 0 Å². The van der Waals surface area contributed by atoms with Gasteiger partial charge in [-0.2, -0.15) is 5.26 Å². The third-order valence-electron chi connectivity index (χ3n) is 2.97. The third-order valence-corrected chi connectivity index (χ3v) is 2.97. The Labute approximate surface area is 94.3 Å². The number of hydrogen-bond acceptors (Lipinski definition) is 4. The molecule has 0 amide bonds. The van der Waals surface area contributed by atoms with Crippen LogP contribution in [0.25, 0.3) is 0 Å². The molecule has 1 heterocycles. The minimum Gasteiger partial charge on any atom is -0.360 e. The van der Waals surface area contributed by atoms with Gasteiger partial charge in [-0.15, -0.1) is 0 Å². The zero-order chi connectivity index (χ0) is 11.5. The second-order valence-corrected chi connectivity index (χ2v) is 3.93. The number of rotatable bonds is 2. The van der Waals surface area contributed by atoms with E-state index < -0.39 is 0 Å². The highest BCUT2D eigenvalue weighted by atomic mass is 16.1. The van der Waals surface area contributed by atoms with Crippen LogP contribution in [0.1, 0.15) is 12.0 Å². The van der Waals surface area contributed by atoms with Crippen molar-refractivity contribution in [2.45, 2.75) is 18.5 Å². The molecule has 2 atom stereocenters. The molecule has 0 aromatic heterocycles. The molecular weight excluding hydrogens is 202 g/mol. The Kier molecular flexibility index (Phi) is 2.88. The van der Waals surface area contributed by atoms with Crippen molar-refractivity contribution in [2.24, 2.45) is 5.73 Å². The van der Waals surface area contributed by atoms with Crippen molar-refractivity contribution in [3.63, 3.8) is 0 Å². The average Bonchev–Trinajstić information content (AvgIpc) is 2.70. The number of aldehydes is 1. The molecule has 4 heteroatoms. The van der Waals surface area contributed by atoms with Crippen molar-refractivity contribution < 1.29 is 4.79 Å². The van der Waals surface area contributed by atoms with Crippen LogP contribution in [0, 0.1) is 11.3 Å². The quantitative estimate of drug-likeness (QED) is 0.736. The highest BCUT2D eigenvalue weighted by Gasteiger charge is 2.31. The van der Waals surface area contributed by atoms with E-state index in [1.54, 1.807) is 12.1 Å². The Morgan fingerprint density at radius 2 is 2.12 bits per heavy atom. The summed E-state index contributed by atoms with van der Waals surface area (Å²) in [5.74, 6) is 0. The van der Waals surface area contributed by atoms with Crippen LogP contribution in [0.3, 0.4) is 0 Å². The van der Waals surface area contributed by atoms with Crippen LogP contribution < -0.4 is 10.6 Å². The van der Waals surface area contributed by atoms with Gasteiger partial charge < -0.3 is 15.4 Å². The van der Waals surface area contributed by atoms with Crippen molar-refractivity contribution in [2.75, 3.05) is 11.4 Å². The minimum absolute atomic E-state index is 0.0897. The van der Waals surface area contributed by atoms with Gasteiger partial charge in [-0.05, 0) is 30.7 Å². The predicted octanol–water partition coefficient (Wildman–Crippen LogP) is 0.663. The van der Waals surface area contributed by atoms with Gasteiger partial charge in [-0.25, -0.2) is 0 Å². The van der Waals surface area contributed by atoms with Crippen LogP contribution in [0.15, 0.2) is 24.3 Å². The normalized spacial score (nSPS) is 24.1. The fourth-order valence-corrected chi connectivity index (χ4v) is 2.04. The van der Waals surface area contributed by atoms with Gasteiger partial charge in [0.05, 0.1) is 17.7 Å². The van der Waals surface area contributed by atoms with Crippen LogP contribution in [0.5, 0.6) is 0 Å². The van der Waals surface area contributed by atoms with E-state index in [-0.39, 0.29) is 12.1 Å². The molecule has 0 spiro atoms. The Morgan fingerprint density at radius 3 is 2.69 bits per heavy atom. The summed E-state index contributed by atoms with van der Waals surface area (Å²) in [6.07, 6.45) is 1.72. The average molecular weight is 215 g/mol. The van der Waals surface area contributed by atoms with E-state index in [2.05, 4.69) is 6.07 Å². The van der Waals surface area contributed by atoms with Gasteiger partial charge in [0.2, 0.25) is 0 Å². The number of carbonyl (C=O) groups excluding carboxylic acids is 1. The van der Waals surface area contributed by atoms with Crippen LogP contribution in [0.2, 0.25) is 0 Å². The molecule has 0 radical (unpaired) electrons. The zero-order valence-electron chi connectivity index (χ0n) is 8.84. The van der Waals surface area contributed by atoms with E-state index in [1.165, 1.54) is 0 Å². The molecule has 2 N–H and O–H groups in total. The summed E-state index contributed by atoms with van der Waals surface area (Å²) < 4.78 is 0. The second kappa shape index (κ2) is 4.33. The van der Waals surface area contributed by atoms with E-state index in [9.17, 15) is 4.79 Å². The smallest absolute Gasteiger partial charge is 0.143 e. The summed E-state index contributed by atoms with van der Waals surface area (Å²) in [5, 5.41) is 8.69. The summed E-state index contributed by atoms with van der Waals surface area (Å²) in [5.41, 5.74) is 7.42. The van der Waals surface area contributed by atoms with Gasteiger partial charge in [-0.3, -0.25) is 0 Å². The molecule has 1 aromatic rings. The molecule has 0 aliphatic carbocycles. The lowest BCUT2D eigenvalue weighted by Crippen LogP contribution is -2.40. The van der Waals surface area contributed by atoms with Crippen molar-refractivity contribution in [1.29, 1.82) is 5.26 Å². The molecule has 16 heavy (non-hydrogen) atoms. The lowest BCUT2D eigenvalue weighted by atomic mass is 10.1. The lowest BCUT2D eigenvalue weighted by Gasteiger charge is -2.24. The largest absolute Gasteiger partial charge is 0.360 e. The number of nitrogens with two attached hydrogens (primary N) is 1. The fourth-order valence-electron chi connectivity index (χ4n) is 2.04. The summed E-state index contributed by atoms with van der Waals surface area (Å²) >= 11 is 0. The van der Waals surface area contributed by atoms with E-state index in [0.29, 0.717) is 5.56 Å². The zero-order valence-corrected chi connectivity index (χ0v) is 8.84. The Bertz CT molecular complexity index is 421. The predicted molar refractivity (Wildman–Crippen MR) is 60.9 cm³/mol. The molecule has 1 aliphatic rings. The molecule has 0 bridgehead atoms. The first-order valence-electron chi connectivity index (χ1n) is 5.24. The first-order chi connectivity index (χ1) is 7.76. The summed E-state index contributed by atoms with van der Waals surface area (Å²) in [4.78, 5) is 12.9. The standard InChI is InChI=1S/C12H13N3O/c13-7-9-1-3-10(4-2-9)15-6-5-11(14)12(15)8-16/h1-4,8,11-12H,5-6,14H2. The maximum Gasteiger partial charge on any atom is 0.143 e. The van der Waals surface area contributed by atoms with Crippen LogP contribution in [0.4, 0.5) is 5.69 Å². The third kappa shape index (κ3) is 1.77. The van der Waals surface area contributed by atoms with Crippen LogP contribution in [-0.2, 0) is 4.79 Å². The fraction of sp³-hybridized carbons (Fsp3) is 0.333. The minimum atomic E-state index is -0.243. The van der Waals surface area contributed by atoms with Crippen molar-refractivity contribution in [3.05, 3.63) is 29.8 Å². The van der Waals surface area contributed by atoms with E-state index in [1.807, 2.05) is 17.0 Å². The van der Waals surface area contributed by atoms with Gasteiger partial charge in [0.1, 0.15) is 6.29 Å². The van der Waals surface area contributed by atoms with Gasteiger partial charge in [0, 0.05) is 18.3 Å². The SMILES string of the molecule is N#Cc1ccc(N2CCC(N)C2C=O)cc1. The highest BCUT2D eigenvalue weighted by Crippen LogP contribution is 2.24. The molecule has 4 nitrogen and oxygen atoms in total. The van der Waals surface area contributed by atoms with Gasteiger partial charge in [0.15, 0.2) is 0 Å². The molecule has 1 aromatic carbocycles. The van der Waals surface area contributed by atoms with Crippen LogP contribution in [-0.4, -0.2) is 24.9 Å². The number of nitrogens with zero attached hydrogens (tertiary/aromatic N) is 2. The number of hydrogen-bond donors (Lipinski definition) is 1. The molecule has 2 rings (SSSR count). The molecule has 1 fully saturated rings. The molecule has 82 valence electrons. The number of benzene rings is 1. The van der Waals surface area contributed by atoms with E-state index in [0.717, 1.165) is 24.9 Å². The van der Waals surface area contributed by atoms with Crippen molar-refractivity contribution in [1.82, 2.24) is 0 Å². The van der Waals surface area contributed by atoms with E-state index in [4.69, 9.17) is 11.0 Å². The Morgan fingerprint density at radius 1 is 1.44 bits per heavy atom. The molecule has 1 aliphatic heterocycles. The first kappa shape index (κ1) is 10.7. The molecule has 0 saturated carbocycles. The van der Waals surface area contributed by atoms with E-state index >= 15 is 0 Å². The van der Waals surface area contributed by atoms with Gasteiger partial charge >= 0.3 is 0 Å². The second-order valence-electron chi connectivity index (χ2n) is 3.93. The molecular formula is C12H13N3O. The first-order valence-corrected chi connectivity index (χ1v) is 5.24. The molecule has 1 saturated heterocycles. The number of carbonyl (C=O) groups is 1. The van der Waals surface area contributed by atoms with Crippen LogP contribution >= 0.6 is 0 Å².